The highest BCUT2D eigenvalue weighted by Crippen LogP contribution is 2.41. The Balaban J connectivity index is 2.13. The number of benzene rings is 1. The minimum atomic E-state index is -0.666. The van der Waals surface area contributed by atoms with Crippen LogP contribution < -0.4 is 0 Å². The van der Waals surface area contributed by atoms with Gasteiger partial charge < -0.3 is 5.11 Å². The maximum Gasteiger partial charge on any atom is 0.0905 e. The molecule has 2 unspecified atom stereocenters. The van der Waals surface area contributed by atoms with Crippen molar-refractivity contribution >= 4 is 10.8 Å². The maximum absolute atomic E-state index is 11.0. The molecule has 1 aromatic heterocycles. The molecule has 94 valence electrons. The van der Waals surface area contributed by atoms with Crippen molar-refractivity contribution in [3.05, 3.63) is 42.2 Å². The lowest BCUT2D eigenvalue weighted by Crippen LogP contribution is -2.32. The van der Waals surface area contributed by atoms with Crippen LogP contribution in [0.2, 0.25) is 0 Å². The SMILES string of the molecule is CC1CCCC(O)(c2cccc3ccncc23)C1. The van der Waals surface area contributed by atoms with Crippen molar-refractivity contribution in [1.82, 2.24) is 4.98 Å². The summed E-state index contributed by atoms with van der Waals surface area (Å²) >= 11 is 0. The highest BCUT2D eigenvalue weighted by Gasteiger charge is 2.35. The highest BCUT2D eigenvalue weighted by molar-refractivity contribution is 5.85. The van der Waals surface area contributed by atoms with Gasteiger partial charge in [0.05, 0.1) is 5.60 Å². The van der Waals surface area contributed by atoms with Crippen molar-refractivity contribution in [3.63, 3.8) is 0 Å². The van der Waals surface area contributed by atoms with Gasteiger partial charge in [-0.05, 0) is 42.2 Å². The highest BCUT2D eigenvalue weighted by atomic mass is 16.3. The Morgan fingerprint density at radius 2 is 2.22 bits per heavy atom. The van der Waals surface area contributed by atoms with Gasteiger partial charge in [-0.2, -0.15) is 0 Å². The van der Waals surface area contributed by atoms with Crippen LogP contribution in [0.25, 0.3) is 10.8 Å². The zero-order valence-electron chi connectivity index (χ0n) is 10.8. The molecule has 0 amide bonds. The van der Waals surface area contributed by atoms with Crippen molar-refractivity contribution in [2.24, 2.45) is 5.92 Å². The molecule has 1 aliphatic rings. The molecular weight excluding hydrogens is 222 g/mol. The normalized spacial score (nSPS) is 28.4. The van der Waals surface area contributed by atoms with Gasteiger partial charge in [0.25, 0.3) is 0 Å². The molecule has 0 radical (unpaired) electrons. The molecule has 2 heteroatoms. The fourth-order valence-electron chi connectivity index (χ4n) is 3.29. The summed E-state index contributed by atoms with van der Waals surface area (Å²) in [5.41, 5.74) is 0.389. The molecule has 1 aliphatic carbocycles. The summed E-state index contributed by atoms with van der Waals surface area (Å²) in [5, 5.41) is 13.2. The molecule has 1 N–H and O–H groups in total. The third-order valence-corrected chi connectivity index (χ3v) is 4.16. The lowest BCUT2D eigenvalue weighted by atomic mass is 9.74. The van der Waals surface area contributed by atoms with E-state index in [1.165, 1.54) is 6.42 Å². The maximum atomic E-state index is 11.0. The Morgan fingerprint density at radius 3 is 3.06 bits per heavy atom. The largest absolute Gasteiger partial charge is 0.385 e. The van der Waals surface area contributed by atoms with Crippen molar-refractivity contribution < 1.29 is 5.11 Å². The smallest absolute Gasteiger partial charge is 0.0905 e. The average molecular weight is 241 g/mol. The van der Waals surface area contributed by atoms with E-state index in [4.69, 9.17) is 0 Å². The second-order valence-electron chi connectivity index (χ2n) is 5.64. The predicted octanol–water partition coefficient (Wildman–Crippen LogP) is 3.63. The van der Waals surface area contributed by atoms with Gasteiger partial charge in [-0.1, -0.05) is 31.5 Å². The fraction of sp³-hybridized carbons (Fsp3) is 0.438. The van der Waals surface area contributed by atoms with Crippen LogP contribution in [0.3, 0.4) is 0 Å². The van der Waals surface area contributed by atoms with Gasteiger partial charge in [-0.3, -0.25) is 4.98 Å². The minimum Gasteiger partial charge on any atom is -0.385 e. The van der Waals surface area contributed by atoms with E-state index in [2.05, 4.69) is 24.0 Å². The standard InChI is InChI=1S/C16H19NO/c1-12-4-3-8-16(18,10-12)15-6-2-5-13-7-9-17-11-14(13)15/h2,5-7,9,11-12,18H,3-4,8,10H2,1H3. The molecule has 2 aromatic rings. The van der Waals surface area contributed by atoms with E-state index in [1.54, 1.807) is 6.20 Å². The Labute approximate surface area is 108 Å². The molecule has 1 heterocycles. The van der Waals surface area contributed by atoms with E-state index < -0.39 is 5.60 Å². The molecule has 0 saturated heterocycles. The van der Waals surface area contributed by atoms with Crippen LogP contribution in [-0.4, -0.2) is 10.1 Å². The molecule has 1 aromatic carbocycles. The zero-order chi connectivity index (χ0) is 12.6. The van der Waals surface area contributed by atoms with Crippen LogP contribution in [-0.2, 0) is 5.60 Å². The van der Waals surface area contributed by atoms with E-state index in [-0.39, 0.29) is 0 Å². The molecular formula is C16H19NO. The molecule has 18 heavy (non-hydrogen) atoms. The van der Waals surface area contributed by atoms with Gasteiger partial charge in [0, 0.05) is 17.8 Å². The van der Waals surface area contributed by atoms with Gasteiger partial charge in [-0.25, -0.2) is 0 Å². The molecule has 0 spiro atoms. The van der Waals surface area contributed by atoms with Gasteiger partial charge in [0.15, 0.2) is 0 Å². The van der Waals surface area contributed by atoms with Crippen LogP contribution in [0, 0.1) is 5.92 Å². The molecule has 0 bridgehead atoms. The lowest BCUT2D eigenvalue weighted by molar-refractivity contribution is -0.0165. The van der Waals surface area contributed by atoms with Crippen LogP contribution in [0.1, 0.15) is 38.2 Å². The third-order valence-electron chi connectivity index (χ3n) is 4.16. The number of pyridine rings is 1. The van der Waals surface area contributed by atoms with Gasteiger partial charge in [0.1, 0.15) is 0 Å². The van der Waals surface area contributed by atoms with Crippen molar-refractivity contribution in [1.29, 1.82) is 0 Å². The molecule has 2 nitrogen and oxygen atoms in total. The summed E-state index contributed by atoms with van der Waals surface area (Å²) in [4.78, 5) is 4.21. The Morgan fingerprint density at radius 1 is 1.33 bits per heavy atom. The van der Waals surface area contributed by atoms with Gasteiger partial charge in [0.2, 0.25) is 0 Å². The van der Waals surface area contributed by atoms with Crippen molar-refractivity contribution in [2.75, 3.05) is 0 Å². The van der Waals surface area contributed by atoms with Crippen LogP contribution in [0.4, 0.5) is 0 Å². The summed E-state index contributed by atoms with van der Waals surface area (Å²) in [7, 11) is 0. The second kappa shape index (κ2) is 4.36. The number of hydrogen-bond donors (Lipinski definition) is 1. The monoisotopic (exact) mass is 241 g/mol. The van der Waals surface area contributed by atoms with E-state index in [0.717, 1.165) is 35.6 Å². The zero-order valence-corrected chi connectivity index (χ0v) is 10.8. The lowest BCUT2D eigenvalue weighted by Gasteiger charge is -2.36. The predicted molar refractivity (Wildman–Crippen MR) is 73.3 cm³/mol. The quantitative estimate of drug-likeness (QED) is 0.827. The van der Waals surface area contributed by atoms with Crippen LogP contribution in [0.15, 0.2) is 36.7 Å². The molecule has 0 aliphatic heterocycles. The number of nitrogens with zero attached hydrogens (tertiary/aromatic N) is 1. The summed E-state index contributed by atoms with van der Waals surface area (Å²) in [6.45, 7) is 2.23. The molecule has 1 fully saturated rings. The summed E-state index contributed by atoms with van der Waals surface area (Å²) in [6.07, 6.45) is 7.74. The van der Waals surface area contributed by atoms with Gasteiger partial charge in [-0.15, -0.1) is 0 Å². The number of hydrogen-bond acceptors (Lipinski definition) is 2. The molecule has 3 rings (SSSR count). The first-order valence-corrected chi connectivity index (χ1v) is 6.75. The fourth-order valence-corrected chi connectivity index (χ4v) is 3.29. The number of fused-ring (bicyclic) bond motifs is 1. The van der Waals surface area contributed by atoms with Crippen molar-refractivity contribution in [2.45, 2.75) is 38.2 Å². The number of rotatable bonds is 1. The van der Waals surface area contributed by atoms with E-state index in [9.17, 15) is 5.11 Å². The topological polar surface area (TPSA) is 33.1 Å². The van der Waals surface area contributed by atoms with Crippen LogP contribution in [0.5, 0.6) is 0 Å². The molecule has 1 saturated carbocycles. The Bertz CT molecular complexity index is 561. The second-order valence-corrected chi connectivity index (χ2v) is 5.64. The summed E-state index contributed by atoms with van der Waals surface area (Å²) in [6, 6.07) is 8.18. The number of aliphatic hydroxyl groups is 1. The van der Waals surface area contributed by atoms with Crippen LogP contribution >= 0.6 is 0 Å². The first kappa shape index (κ1) is 11.7. The van der Waals surface area contributed by atoms with E-state index in [1.807, 2.05) is 18.3 Å². The minimum absolute atomic E-state index is 0.593. The van der Waals surface area contributed by atoms with E-state index in [0.29, 0.717) is 5.92 Å². The Kier molecular flexibility index (Phi) is 2.83. The first-order valence-electron chi connectivity index (χ1n) is 6.75. The summed E-state index contributed by atoms with van der Waals surface area (Å²) in [5.74, 6) is 0.593. The first-order chi connectivity index (χ1) is 8.69. The number of aromatic nitrogens is 1. The Hall–Kier alpha value is -1.41. The average Bonchev–Trinajstić information content (AvgIpc) is 2.38. The van der Waals surface area contributed by atoms with Crippen molar-refractivity contribution in [3.8, 4) is 0 Å². The third kappa shape index (κ3) is 1.91. The summed E-state index contributed by atoms with van der Waals surface area (Å²) < 4.78 is 0. The van der Waals surface area contributed by atoms with Gasteiger partial charge >= 0.3 is 0 Å². The molecule has 2 atom stereocenters. The van der Waals surface area contributed by atoms with E-state index >= 15 is 0 Å².